The number of fused-ring (bicyclic) bond motifs is 1. The van der Waals surface area contributed by atoms with Crippen molar-refractivity contribution < 1.29 is 18.0 Å². The fourth-order valence-electron chi connectivity index (χ4n) is 3.78. The molecule has 0 bridgehead atoms. The van der Waals surface area contributed by atoms with Crippen molar-refractivity contribution in [1.82, 2.24) is 24.7 Å². The summed E-state index contributed by atoms with van der Waals surface area (Å²) < 4.78 is 40.0. The van der Waals surface area contributed by atoms with Crippen molar-refractivity contribution >= 4 is 22.6 Å². The van der Waals surface area contributed by atoms with Crippen LogP contribution in [-0.2, 0) is 17.4 Å². The summed E-state index contributed by atoms with van der Waals surface area (Å²) in [5.74, 6) is 0.172. The van der Waals surface area contributed by atoms with Crippen molar-refractivity contribution in [3.05, 3.63) is 96.1 Å². The van der Waals surface area contributed by atoms with Crippen LogP contribution in [0.3, 0.4) is 0 Å². The Balaban J connectivity index is 1.45. The molecule has 2 aromatic carbocycles. The van der Waals surface area contributed by atoms with E-state index in [0.717, 1.165) is 28.9 Å². The molecule has 0 saturated heterocycles. The van der Waals surface area contributed by atoms with Gasteiger partial charge >= 0.3 is 6.18 Å². The number of aryl methyl sites for hydroxylation is 1. The molecule has 0 aliphatic rings. The maximum atomic E-state index is 12.8. The van der Waals surface area contributed by atoms with Crippen LogP contribution < -0.4 is 5.32 Å². The van der Waals surface area contributed by atoms with E-state index in [9.17, 15) is 18.0 Å². The summed E-state index contributed by atoms with van der Waals surface area (Å²) in [6.45, 7) is 1.87. The van der Waals surface area contributed by atoms with Crippen molar-refractivity contribution in [3.8, 4) is 17.1 Å². The molecule has 36 heavy (non-hydrogen) atoms. The van der Waals surface area contributed by atoms with Gasteiger partial charge in [-0.1, -0.05) is 12.1 Å². The Morgan fingerprint density at radius 2 is 1.69 bits per heavy atom. The van der Waals surface area contributed by atoms with Gasteiger partial charge in [0.15, 0.2) is 5.82 Å². The predicted molar refractivity (Wildman–Crippen MR) is 128 cm³/mol. The Labute approximate surface area is 203 Å². The largest absolute Gasteiger partial charge is 0.416 e. The normalized spacial score (nSPS) is 11.6. The minimum absolute atomic E-state index is 0.0831. The molecular weight excluding hydrogens is 469 g/mol. The van der Waals surface area contributed by atoms with Crippen molar-refractivity contribution in [2.75, 3.05) is 5.32 Å². The third-order valence-electron chi connectivity index (χ3n) is 5.45. The van der Waals surface area contributed by atoms with Crippen LogP contribution in [0, 0.1) is 6.92 Å². The lowest BCUT2D eigenvalue weighted by molar-refractivity contribution is -0.137. The van der Waals surface area contributed by atoms with Gasteiger partial charge in [0.2, 0.25) is 5.91 Å². The number of hydrogen-bond acceptors (Lipinski definition) is 5. The topological polar surface area (TPSA) is 85.6 Å². The number of anilines is 1. The first-order chi connectivity index (χ1) is 17.3. The molecule has 5 aromatic rings. The molecule has 0 radical (unpaired) electrons. The molecule has 0 aliphatic carbocycles. The first-order valence-corrected chi connectivity index (χ1v) is 11.0. The highest BCUT2D eigenvalue weighted by Crippen LogP contribution is 2.30. The maximum Gasteiger partial charge on any atom is 0.416 e. The number of nitrogens with one attached hydrogen (secondary N) is 1. The minimum atomic E-state index is -4.44. The molecule has 0 spiro atoms. The Bertz CT molecular complexity index is 1560. The molecule has 180 valence electrons. The zero-order valence-corrected chi connectivity index (χ0v) is 19.0. The van der Waals surface area contributed by atoms with Gasteiger partial charge in [0.05, 0.1) is 34.4 Å². The van der Waals surface area contributed by atoms with Gasteiger partial charge in [-0.25, -0.2) is 9.67 Å². The summed E-state index contributed by atoms with van der Waals surface area (Å²) in [6.07, 6.45) is -1.29. The number of aromatic nitrogens is 5. The number of alkyl halides is 3. The van der Waals surface area contributed by atoms with E-state index in [4.69, 9.17) is 0 Å². The van der Waals surface area contributed by atoms with E-state index in [1.54, 1.807) is 23.1 Å². The zero-order chi connectivity index (χ0) is 25.3. The van der Waals surface area contributed by atoms with Gasteiger partial charge in [0.1, 0.15) is 0 Å². The fourth-order valence-corrected chi connectivity index (χ4v) is 3.78. The lowest BCUT2D eigenvalue weighted by Gasteiger charge is -2.08. The molecule has 0 saturated carbocycles. The van der Waals surface area contributed by atoms with Crippen molar-refractivity contribution in [2.24, 2.45) is 0 Å². The number of nitrogens with zero attached hydrogens (tertiary/aromatic N) is 5. The zero-order valence-electron chi connectivity index (χ0n) is 19.0. The minimum Gasteiger partial charge on any atom is -0.326 e. The van der Waals surface area contributed by atoms with Gasteiger partial charge in [-0.15, -0.1) is 0 Å². The number of pyridine rings is 1. The lowest BCUT2D eigenvalue weighted by atomic mass is 10.1. The molecule has 1 N–H and O–H groups in total. The number of rotatable bonds is 5. The van der Waals surface area contributed by atoms with Crippen LogP contribution in [0.15, 0.2) is 79.1 Å². The van der Waals surface area contributed by atoms with Crippen molar-refractivity contribution in [2.45, 2.75) is 19.5 Å². The first-order valence-electron chi connectivity index (χ1n) is 11.0. The highest BCUT2D eigenvalue weighted by atomic mass is 19.4. The van der Waals surface area contributed by atoms with Crippen LogP contribution in [0.1, 0.15) is 17.0 Å². The van der Waals surface area contributed by atoms with Crippen LogP contribution >= 0.6 is 0 Å². The van der Waals surface area contributed by atoms with Crippen LogP contribution in [0.4, 0.5) is 18.9 Å². The third kappa shape index (κ3) is 4.92. The Morgan fingerprint density at radius 1 is 0.944 bits per heavy atom. The molecule has 0 fully saturated rings. The van der Waals surface area contributed by atoms with Gasteiger partial charge in [-0.3, -0.25) is 14.8 Å². The summed E-state index contributed by atoms with van der Waals surface area (Å²) in [7, 11) is 0. The van der Waals surface area contributed by atoms with Gasteiger partial charge in [0, 0.05) is 29.3 Å². The second kappa shape index (κ2) is 9.21. The first kappa shape index (κ1) is 23.2. The van der Waals surface area contributed by atoms with Crippen molar-refractivity contribution in [1.29, 1.82) is 0 Å². The predicted octanol–water partition coefficient (Wildman–Crippen LogP) is 5.39. The molecule has 7 nitrogen and oxygen atoms in total. The van der Waals surface area contributed by atoms with Gasteiger partial charge in [0.25, 0.3) is 0 Å². The average molecular weight is 488 g/mol. The number of halogens is 3. The van der Waals surface area contributed by atoms with Crippen LogP contribution in [0.2, 0.25) is 0 Å². The second-order valence-electron chi connectivity index (χ2n) is 8.13. The van der Waals surface area contributed by atoms with E-state index in [-0.39, 0.29) is 12.1 Å². The van der Waals surface area contributed by atoms with E-state index in [2.05, 4.69) is 25.4 Å². The summed E-state index contributed by atoms with van der Waals surface area (Å²) in [5, 5.41) is 7.24. The number of carbonyl (C=O) groups is 1. The molecular formula is C26H19F3N6O. The molecule has 1 amide bonds. The molecule has 0 unspecified atom stereocenters. The molecule has 5 rings (SSSR count). The van der Waals surface area contributed by atoms with E-state index < -0.39 is 17.6 Å². The van der Waals surface area contributed by atoms with E-state index in [1.165, 1.54) is 12.1 Å². The Kier molecular flexibility index (Phi) is 5.93. The Morgan fingerprint density at radius 3 is 2.42 bits per heavy atom. The summed E-state index contributed by atoms with van der Waals surface area (Å²) in [5.41, 5.74) is 3.73. The quantitative estimate of drug-likeness (QED) is 0.359. The average Bonchev–Trinajstić information content (AvgIpc) is 3.27. The molecule has 0 aliphatic heterocycles. The van der Waals surface area contributed by atoms with E-state index in [0.29, 0.717) is 22.7 Å². The van der Waals surface area contributed by atoms with Crippen molar-refractivity contribution in [3.63, 3.8) is 0 Å². The standard InChI is InChI=1S/C26H19F3N6O/c1-16-3-2-4-24(32-16)35-23(17-5-10-21-22(13-17)31-12-11-30-21)14-20(34-35)15-25(36)33-19-8-6-18(7-9-19)26(27,28)29/h2-14H,15H2,1H3,(H,33,36). The van der Waals surface area contributed by atoms with E-state index >= 15 is 0 Å². The van der Waals surface area contributed by atoms with Crippen LogP contribution in [0.5, 0.6) is 0 Å². The van der Waals surface area contributed by atoms with Crippen LogP contribution in [-0.4, -0.2) is 30.6 Å². The number of benzene rings is 2. The SMILES string of the molecule is Cc1cccc(-n2nc(CC(=O)Nc3ccc(C(F)(F)F)cc3)cc2-c2ccc3nccnc3c2)n1. The number of hydrogen-bond donors (Lipinski definition) is 1. The molecule has 0 atom stereocenters. The molecule has 3 heterocycles. The smallest absolute Gasteiger partial charge is 0.326 e. The lowest BCUT2D eigenvalue weighted by Crippen LogP contribution is -2.15. The van der Waals surface area contributed by atoms with Gasteiger partial charge in [-0.2, -0.15) is 18.3 Å². The highest BCUT2D eigenvalue weighted by Gasteiger charge is 2.30. The van der Waals surface area contributed by atoms with Gasteiger partial charge in [-0.05, 0) is 61.5 Å². The number of carbonyl (C=O) groups excluding carboxylic acids is 1. The second-order valence-corrected chi connectivity index (χ2v) is 8.13. The fraction of sp³-hybridized carbons (Fsp3) is 0.115. The summed E-state index contributed by atoms with van der Waals surface area (Å²) >= 11 is 0. The number of amides is 1. The molecule has 10 heteroatoms. The monoisotopic (exact) mass is 488 g/mol. The molecule has 3 aromatic heterocycles. The van der Waals surface area contributed by atoms with Gasteiger partial charge < -0.3 is 5.32 Å². The highest BCUT2D eigenvalue weighted by molar-refractivity contribution is 5.92. The maximum absolute atomic E-state index is 12.8. The third-order valence-corrected chi connectivity index (χ3v) is 5.45. The van der Waals surface area contributed by atoms with E-state index in [1.807, 2.05) is 43.3 Å². The van der Waals surface area contributed by atoms with Crippen LogP contribution in [0.25, 0.3) is 28.1 Å². The summed E-state index contributed by atoms with van der Waals surface area (Å²) in [4.78, 5) is 25.9. The Hall–Kier alpha value is -4.60. The summed E-state index contributed by atoms with van der Waals surface area (Å²) in [6, 6.07) is 17.3.